The van der Waals surface area contributed by atoms with Crippen molar-refractivity contribution >= 4 is 28.6 Å². The lowest BCUT2D eigenvalue weighted by Crippen LogP contribution is -2.32. The van der Waals surface area contributed by atoms with E-state index in [0.29, 0.717) is 5.56 Å². The van der Waals surface area contributed by atoms with Crippen molar-refractivity contribution in [1.82, 2.24) is 10.3 Å². The molecule has 0 saturated heterocycles. The Morgan fingerprint density at radius 3 is 2.54 bits per heavy atom. The van der Waals surface area contributed by atoms with Crippen LogP contribution in [0.25, 0.3) is 10.9 Å². The molecule has 1 heterocycles. The maximum absolute atomic E-state index is 12.8. The van der Waals surface area contributed by atoms with Crippen LogP contribution in [0.2, 0.25) is 0 Å². The number of carbonyl (C=O) groups is 1. The highest BCUT2D eigenvalue weighted by molar-refractivity contribution is 7.99. The van der Waals surface area contributed by atoms with E-state index in [0.717, 1.165) is 33.7 Å². The van der Waals surface area contributed by atoms with Gasteiger partial charge in [-0.3, -0.25) is 4.79 Å². The van der Waals surface area contributed by atoms with E-state index in [1.807, 2.05) is 37.3 Å². The summed E-state index contributed by atoms with van der Waals surface area (Å²) in [6.45, 7) is 6.23. The molecule has 0 unspecified atom stereocenters. The van der Waals surface area contributed by atoms with Gasteiger partial charge in [0, 0.05) is 16.3 Å². The minimum Gasteiger partial charge on any atom is -0.350 e. The molecule has 4 heteroatoms. The SMILES string of the molecule is CCc1ccc(Sc2cc(C(=O)N[C@H](C)CC)c3ccccc3n2)cc1. The molecule has 2 aromatic carbocycles. The van der Waals surface area contributed by atoms with Gasteiger partial charge in [-0.1, -0.05) is 55.9 Å². The number of benzene rings is 2. The molecular formula is C22H24N2OS. The zero-order valence-corrected chi connectivity index (χ0v) is 16.3. The van der Waals surface area contributed by atoms with Crippen LogP contribution < -0.4 is 5.32 Å². The number of hydrogen-bond acceptors (Lipinski definition) is 3. The summed E-state index contributed by atoms with van der Waals surface area (Å²) in [4.78, 5) is 18.6. The maximum Gasteiger partial charge on any atom is 0.252 e. The molecule has 0 bridgehead atoms. The van der Waals surface area contributed by atoms with Crippen molar-refractivity contribution in [2.75, 3.05) is 0 Å². The Morgan fingerprint density at radius 1 is 1.12 bits per heavy atom. The summed E-state index contributed by atoms with van der Waals surface area (Å²) < 4.78 is 0. The third-order valence-electron chi connectivity index (χ3n) is 4.48. The highest BCUT2D eigenvalue weighted by atomic mass is 32.2. The van der Waals surface area contributed by atoms with Crippen molar-refractivity contribution in [3.05, 3.63) is 65.7 Å². The van der Waals surface area contributed by atoms with Gasteiger partial charge in [-0.25, -0.2) is 4.98 Å². The first-order valence-corrected chi connectivity index (χ1v) is 9.89. The molecular weight excluding hydrogens is 340 g/mol. The molecule has 1 aromatic heterocycles. The Hall–Kier alpha value is -2.33. The number of carbonyl (C=O) groups excluding carboxylic acids is 1. The van der Waals surface area contributed by atoms with Crippen LogP contribution in [-0.4, -0.2) is 16.9 Å². The summed E-state index contributed by atoms with van der Waals surface area (Å²) in [5.74, 6) is -0.0406. The summed E-state index contributed by atoms with van der Waals surface area (Å²) >= 11 is 1.59. The van der Waals surface area contributed by atoms with Crippen LogP contribution in [0.15, 0.2) is 64.5 Å². The quantitative estimate of drug-likeness (QED) is 0.630. The Morgan fingerprint density at radius 2 is 1.85 bits per heavy atom. The summed E-state index contributed by atoms with van der Waals surface area (Å²) in [5, 5.41) is 4.79. The van der Waals surface area contributed by atoms with E-state index >= 15 is 0 Å². The van der Waals surface area contributed by atoms with Crippen molar-refractivity contribution in [3.63, 3.8) is 0 Å². The van der Waals surface area contributed by atoms with Crippen molar-refractivity contribution in [2.45, 2.75) is 49.6 Å². The van der Waals surface area contributed by atoms with Crippen LogP contribution >= 0.6 is 11.8 Å². The molecule has 0 aliphatic heterocycles. The van der Waals surface area contributed by atoms with Gasteiger partial charge in [-0.2, -0.15) is 0 Å². The molecule has 3 nitrogen and oxygen atoms in total. The minimum absolute atomic E-state index is 0.0406. The number of aryl methyl sites for hydroxylation is 1. The molecule has 26 heavy (non-hydrogen) atoms. The van der Waals surface area contributed by atoms with Crippen molar-refractivity contribution in [1.29, 1.82) is 0 Å². The van der Waals surface area contributed by atoms with Gasteiger partial charge in [-0.15, -0.1) is 0 Å². The number of rotatable bonds is 6. The predicted octanol–water partition coefficient (Wildman–Crippen LogP) is 5.48. The Labute approximate surface area is 159 Å². The van der Waals surface area contributed by atoms with E-state index in [4.69, 9.17) is 4.98 Å². The van der Waals surface area contributed by atoms with Crippen LogP contribution in [-0.2, 0) is 6.42 Å². The summed E-state index contributed by atoms with van der Waals surface area (Å²) in [6, 6.07) is 18.4. The van der Waals surface area contributed by atoms with Gasteiger partial charge in [-0.05, 0) is 49.6 Å². The molecule has 0 radical (unpaired) electrons. The Bertz CT molecular complexity index is 906. The van der Waals surface area contributed by atoms with Crippen LogP contribution in [0, 0.1) is 0 Å². The molecule has 0 fully saturated rings. The number of fused-ring (bicyclic) bond motifs is 1. The van der Waals surface area contributed by atoms with E-state index in [9.17, 15) is 4.79 Å². The first kappa shape index (κ1) is 18.5. The van der Waals surface area contributed by atoms with E-state index in [2.05, 4.69) is 43.4 Å². The second kappa shape index (κ2) is 8.37. The molecule has 0 saturated carbocycles. The number of aromatic nitrogens is 1. The lowest BCUT2D eigenvalue weighted by molar-refractivity contribution is 0.0940. The number of pyridine rings is 1. The zero-order valence-electron chi connectivity index (χ0n) is 15.5. The average molecular weight is 365 g/mol. The molecule has 134 valence electrons. The van der Waals surface area contributed by atoms with E-state index < -0.39 is 0 Å². The third-order valence-corrected chi connectivity index (χ3v) is 5.41. The summed E-state index contributed by atoms with van der Waals surface area (Å²) in [7, 11) is 0. The topological polar surface area (TPSA) is 42.0 Å². The molecule has 3 aromatic rings. The molecule has 0 aliphatic carbocycles. The second-order valence-electron chi connectivity index (χ2n) is 6.41. The Balaban J connectivity index is 1.96. The first-order chi connectivity index (χ1) is 12.6. The summed E-state index contributed by atoms with van der Waals surface area (Å²) in [6.07, 6.45) is 1.93. The molecule has 1 N–H and O–H groups in total. The smallest absolute Gasteiger partial charge is 0.252 e. The van der Waals surface area contributed by atoms with Crippen molar-refractivity contribution in [2.24, 2.45) is 0 Å². The lowest BCUT2D eigenvalue weighted by Gasteiger charge is -2.14. The van der Waals surface area contributed by atoms with Gasteiger partial charge >= 0.3 is 0 Å². The fourth-order valence-electron chi connectivity index (χ4n) is 2.71. The largest absolute Gasteiger partial charge is 0.350 e. The first-order valence-electron chi connectivity index (χ1n) is 9.08. The van der Waals surface area contributed by atoms with Gasteiger partial charge in [0.15, 0.2) is 0 Å². The number of para-hydroxylation sites is 1. The number of nitrogens with zero attached hydrogens (tertiary/aromatic N) is 1. The fourth-order valence-corrected chi connectivity index (χ4v) is 3.54. The maximum atomic E-state index is 12.8. The standard InChI is InChI=1S/C22H24N2OS/c1-4-15(3)23-22(25)19-14-21(24-20-9-7-6-8-18(19)20)26-17-12-10-16(5-2)11-13-17/h6-15H,4-5H2,1-3H3,(H,23,25)/t15-/m1/s1. The minimum atomic E-state index is -0.0406. The normalized spacial score (nSPS) is 12.1. The molecule has 1 amide bonds. The van der Waals surface area contributed by atoms with Gasteiger partial charge in [0.1, 0.15) is 5.03 Å². The monoisotopic (exact) mass is 364 g/mol. The van der Waals surface area contributed by atoms with Gasteiger partial charge in [0.05, 0.1) is 11.1 Å². The number of nitrogens with one attached hydrogen (secondary N) is 1. The van der Waals surface area contributed by atoms with Crippen LogP contribution in [0.3, 0.4) is 0 Å². The predicted molar refractivity (Wildman–Crippen MR) is 109 cm³/mol. The van der Waals surface area contributed by atoms with Crippen LogP contribution in [0.4, 0.5) is 0 Å². The van der Waals surface area contributed by atoms with Crippen LogP contribution in [0.5, 0.6) is 0 Å². The van der Waals surface area contributed by atoms with Crippen molar-refractivity contribution < 1.29 is 4.79 Å². The van der Waals surface area contributed by atoms with Crippen LogP contribution in [0.1, 0.15) is 43.1 Å². The number of amides is 1. The Kier molecular flexibility index (Phi) is 5.94. The highest BCUT2D eigenvalue weighted by Crippen LogP contribution is 2.30. The molecule has 3 rings (SSSR count). The van der Waals surface area contributed by atoms with E-state index in [1.165, 1.54) is 5.56 Å². The molecule has 1 atom stereocenters. The van der Waals surface area contributed by atoms with Gasteiger partial charge in [0.2, 0.25) is 0 Å². The van der Waals surface area contributed by atoms with E-state index in [1.54, 1.807) is 11.8 Å². The zero-order chi connectivity index (χ0) is 18.5. The lowest BCUT2D eigenvalue weighted by atomic mass is 10.1. The summed E-state index contributed by atoms with van der Waals surface area (Å²) in [5.41, 5.74) is 2.84. The third kappa shape index (κ3) is 4.25. The average Bonchev–Trinajstić information content (AvgIpc) is 2.67. The van der Waals surface area contributed by atoms with Gasteiger partial charge < -0.3 is 5.32 Å². The number of hydrogen-bond donors (Lipinski definition) is 1. The van der Waals surface area contributed by atoms with Gasteiger partial charge in [0.25, 0.3) is 5.91 Å². The molecule has 0 aliphatic rings. The fraction of sp³-hybridized carbons (Fsp3) is 0.273. The van der Waals surface area contributed by atoms with Crippen molar-refractivity contribution in [3.8, 4) is 0 Å². The van der Waals surface area contributed by atoms with E-state index in [-0.39, 0.29) is 11.9 Å². The second-order valence-corrected chi connectivity index (χ2v) is 7.50. The molecule has 0 spiro atoms. The highest BCUT2D eigenvalue weighted by Gasteiger charge is 2.15.